The first-order valence-corrected chi connectivity index (χ1v) is 5.69. The average molecular weight is 250 g/mol. The van der Waals surface area contributed by atoms with E-state index in [-0.39, 0.29) is 6.61 Å². The van der Waals surface area contributed by atoms with Gasteiger partial charge in [-0.2, -0.15) is 0 Å². The first-order valence-electron chi connectivity index (χ1n) is 5.69. The third-order valence-corrected chi connectivity index (χ3v) is 2.53. The van der Waals surface area contributed by atoms with Crippen LogP contribution in [0.3, 0.4) is 0 Å². The second-order valence-electron chi connectivity index (χ2n) is 4.01. The van der Waals surface area contributed by atoms with Crippen molar-refractivity contribution in [3.8, 4) is 0 Å². The minimum absolute atomic E-state index is 0.00614. The predicted molar refractivity (Wildman–Crippen MR) is 61.5 cm³/mol. The van der Waals surface area contributed by atoms with Crippen LogP contribution in [0.25, 0.3) is 0 Å². The maximum atomic E-state index is 11.4. The lowest BCUT2D eigenvalue weighted by Crippen LogP contribution is -2.44. The van der Waals surface area contributed by atoms with Crippen LogP contribution in [0.1, 0.15) is 12.5 Å². The molecule has 2 rings (SSSR count). The predicted octanol–water partition coefficient (Wildman–Crippen LogP) is 1.06. The summed E-state index contributed by atoms with van der Waals surface area (Å²) in [5, 5.41) is 0. The molecule has 1 aliphatic heterocycles. The van der Waals surface area contributed by atoms with E-state index in [0.29, 0.717) is 6.61 Å². The molecule has 96 valence electrons. The van der Waals surface area contributed by atoms with Gasteiger partial charge in [0.25, 0.3) is 0 Å². The Morgan fingerprint density at radius 1 is 1.11 bits per heavy atom. The number of carbonyl (C=O) groups excluding carboxylic acids is 2. The molecule has 1 aromatic rings. The van der Waals surface area contributed by atoms with Crippen molar-refractivity contribution in [3.05, 3.63) is 35.9 Å². The van der Waals surface area contributed by atoms with Gasteiger partial charge in [0.05, 0.1) is 13.2 Å². The lowest BCUT2D eigenvalue weighted by molar-refractivity contribution is -0.197. The Bertz CT molecular complexity index is 428. The highest BCUT2D eigenvalue weighted by atomic mass is 16.7. The summed E-state index contributed by atoms with van der Waals surface area (Å²) in [5.41, 5.74) is 0.987. The maximum absolute atomic E-state index is 11.4. The highest BCUT2D eigenvalue weighted by Gasteiger charge is 2.35. The molecular weight excluding hydrogens is 236 g/mol. The number of carbonyl (C=O) groups is 2. The number of hydrogen-bond acceptors (Lipinski definition) is 5. The van der Waals surface area contributed by atoms with Crippen molar-refractivity contribution >= 4 is 11.9 Å². The molecule has 1 aromatic carbocycles. The fourth-order valence-electron chi connectivity index (χ4n) is 1.54. The van der Waals surface area contributed by atoms with Gasteiger partial charge in [0, 0.05) is 0 Å². The molecule has 1 fully saturated rings. The molecule has 0 bridgehead atoms. The molecule has 0 unspecified atom stereocenters. The van der Waals surface area contributed by atoms with Crippen molar-refractivity contribution in [2.45, 2.75) is 25.7 Å². The Kier molecular flexibility index (Phi) is 3.94. The van der Waals surface area contributed by atoms with Crippen LogP contribution in [-0.2, 0) is 30.4 Å². The van der Waals surface area contributed by atoms with Crippen LogP contribution in [0, 0.1) is 0 Å². The molecule has 0 saturated carbocycles. The van der Waals surface area contributed by atoms with Gasteiger partial charge in [-0.05, 0) is 12.5 Å². The lowest BCUT2D eigenvalue weighted by atomic mass is 10.2. The van der Waals surface area contributed by atoms with E-state index in [9.17, 15) is 9.59 Å². The molecule has 5 nitrogen and oxygen atoms in total. The first kappa shape index (κ1) is 12.6. The summed E-state index contributed by atoms with van der Waals surface area (Å²) < 4.78 is 15.1. The van der Waals surface area contributed by atoms with Crippen LogP contribution in [0.15, 0.2) is 30.3 Å². The van der Waals surface area contributed by atoms with Gasteiger partial charge in [-0.25, -0.2) is 9.59 Å². The van der Waals surface area contributed by atoms with Gasteiger partial charge >= 0.3 is 11.9 Å². The van der Waals surface area contributed by atoms with E-state index >= 15 is 0 Å². The molecule has 0 spiro atoms. The van der Waals surface area contributed by atoms with Crippen LogP contribution in [-0.4, -0.2) is 30.8 Å². The molecule has 0 amide bonds. The highest BCUT2D eigenvalue weighted by molar-refractivity contribution is 5.87. The molecule has 5 heteroatoms. The molecule has 18 heavy (non-hydrogen) atoms. The van der Waals surface area contributed by atoms with Crippen LogP contribution in [0.4, 0.5) is 0 Å². The van der Waals surface area contributed by atoms with Crippen LogP contribution in [0.5, 0.6) is 0 Å². The molecule has 1 saturated heterocycles. The second kappa shape index (κ2) is 5.64. The summed E-state index contributed by atoms with van der Waals surface area (Å²) in [6.45, 7) is 1.84. The smallest absolute Gasteiger partial charge is 0.350 e. The molecular formula is C13H14O5. The average Bonchev–Trinajstić information content (AvgIpc) is 2.37. The molecule has 1 heterocycles. The summed E-state index contributed by atoms with van der Waals surface area (Å²) in [6, 6.07) is 9.52. The zero-order chi connectivity index (χ0) is 13.0. The van der Waals surface area contributed by atoms with Crippen molar-refractivity contribution in [3.63, 3.8) is 0 Å². The Morgan fingerprint density at radius 3 is 2.56 bits per heavy atom. The maximum Gasteiger partial charge on any atom is 0.350 e. The van der Waals surface area contributed by atoms with Gasteiger partial charge in [-0.1, -0.05) is 30.3 Å². The molecule has 0 aromatic heterocycles. The summed E-state index contributed by atoms with van der Waals surface area (Å²) in [7, 11) is 0. The summed E-state index contributed by atoms with van der Waals surface area (Å²) in [5.74, 6) is -1.10. The minimum atomic E-state index is -0.961. The monoisotopic (exact) mass is 250 g/mol. The van der Waals surface area contributed by atoms with Crippen molar-refractivity contribution in [1.29, 1.82) is 0 Å². The van der Waals surface area contributed by atoms with Crippen LogP contribution < -0.4 is 0 Å². The quantitative estimate of drug-likeness (QED) is 0.748. The van der Waals surface area contributed by atoms with Crippen LogP contribution >= 0.6 is 0 Å². The fraction of sp³-hybridized carbons (Fsp3) is 0.385. The van der Waals surface area contributed by atoms with Gasteiger partial charge in [0.1, 0.15) is 0 Å². The second-order valence-corrected chi connectivity index (χ2v) is 4.01. The van der Waals surface area contributed by atoms with Gasteiger partial charge < -0.3 is 14.2 Å². The Hall–Kier alpha value is -1.88. The van der Waals surface area contributed by atoms with Crippen LogP contribution in [0.2, 0.25) is 0 Å². The van der Waals surface area contributed by atoms with E-state index in [0.717, 1.165) is 5.56 Å². The van der Waals surface area contributed by atoms with Crippen molar-refractivity contribution in [2.75, 3.05) is 6.61 Å². The minimum Gasteiger partial charge on any atom is -0.448 e. The van der Waals surface area contributed by atoms with E-state index in [2.05, 4.69) is 0 Å². The third-order valence-electron chi connectivity index (χ3n) is 2.53. The third kappa shape index (κ3) is 3.07. The van der Waals surface area contributed by atoms with Gasteiger partial charge in [-0.15, -0.1) is 0 Å². The largest absolute Gasteiger partial charge is 0.448 e. The van der Waals surface area contributed by atoms with Gasteiger partial charge in [-0.3, -0.25) is 0 Å². The van der Waals surface area contributed by atoms with Gasteiger partial charge in [0.15, 0.2) is 6.10 Å². The Morgan fingerprint density at radius 2 is 1.83 bits per heavy atom. The zero-order valence-corrected chi connectivity index (χ0v) is 10.00. The lowest BCUT2D eigenvalue weighted by Gasteiger charge is -2.25. The van der Waals surface area contributed by atoms with Crippen molar-refractivity contribution in [2.24, 2.45) is 0 Å². The SMILES string of the molecule is C[C@H]1OC(=O)[C@H](COCc2ccccc2)OC1=O. The number of hydrogen-bond donors (Lipinski definition) is 0. The Labute approximate surface area is 105 Å². The molecule has 0 N–H and O–H groups in total. The number of ether oxygens (including phenoxy) is 3. The summed E-state index contributed by atoms with van der Waals surface area (Å²) in [4.78, 5) is 22.6. The molecule has 0 radical (unpaired) electrons. The van der Waals surface area contributed by atoms with E-state index in [1.807, 2.05) is 30.3 Å². The molecule has 0 aliphatic carbocycles. The van der Waals surface area contributed by atoms with E-state index < -0.39 is 24.1 Å². The van der Waals surface area contributed by atoms with Crippen molar-refractivity contribution < 1.29 is 23.8 Å². The van der Waals surface area contributed by atoms with E-state index in [4.69, 9.17) is 14.2 Å². The molecule has 1 aliphatic rings. The van der Waals surface area contributed by atoms with E-state index in [1.54, 1.807) is 0 Å². The normalized spacial score (nSPS) is 23.4. The van der Waals surface area contributed by atoms with Crippen molar-refractivity contribution in [1.82, 2.24) is 0 Å². The fourth-order valence-corrected chi connectivity index (χ4v) is 1.54. The van der Waals surface area contributed by atoms with Gasteiger partial charge in [0.2, 0.25) is 6.10 Å². The first-order chi connectivity index (χ1) is 8.66. The molecule has 2 atom stereocenters. The van der Waals surface area contributed by atoms with E-state index in [1.165, 1.54) is 6.92 Å². The number of rotatable bonds is 4. The number of benzene rings is 1. The summed E-state index contributed by atoms with van der Waals surface area (Å²) >= 11 is 0. The topological polar surface area (TPSA) is 61.8 Å². The number of cyclic esters (lactones) is 2. The standard InChI is InChI=1S/C13H14O5/c1-9-12(14)18-11(13(15)17-9)8-16-7-10-5-3-2-4-6-10/h2-6,9,11H,7-8H2,1H3/t9-,11+/m1/s1. The highest BCUT2D eigenvalue weighted by Crippen LogP contribution is 2.11. The zero-order valence-electron chi connectivity index (χ0n) is 10.00. The Balaban J connectivity index is 1.80. The summed E-state index contributed by atoms with van der Waals surface area (Å²) in [6.07, 6.45) is -1.79. The number of esters is 2.